The Balaban J connectivity index is 2.51. The quantitative estimate of drug-likeness (QED) is 0.278. The predicted molar refractivity (Wildman–Crippen MR) is 136 cm³/mol. The van der Waals surface area contributed by atoms with Gasteiger partial charge in [-0.15, -0.1) is 0 Å². The molecule has 6 nitrogen and oxygen atoms in total. The molecule has 3 atom stereocenters. The van der Waals surface area contributed by atoms with Gasteiger partial charge in [-0.2, -0.15) is 0 Å². The summed E-state index contributed by atoms with van der Waals surface area (Å²) >= 11 is 11.7. The number of anilines is 1. The third-order valence-electron chi connectivity index (χ3n) is 5.72. The minimum absolute atomic E-state index is 0.226. The third-order valence-corrected chi connectivity index (χ3v) is 6.06. The molecule has 2 N–H and O–H groups in total. The summed E-state index contributed by atoms with van der Waals surface area (Å²) in [5.41, 5.74) is 0. The second kappa shape index (κ2) is 13.6. The van der Waals surface area contributed by atoms with E-state index < -0.39 is 29.6 Å². The molecule has 1 fully saturated rings. The summed E-state index contributed by atoms with van der Waals surface area (Å²) in [5.74, 6) is -2.53. The first-order valence-electron chi connectivity index (χ1n) is 11.5. The van der Waals surface area contributed by atoms with Crippen LogP contribution < -0.4 is 10.6 Å². The van der Waals surface area contributed by atoms with Crippen molar-refractivity contribution in [1.29, 1.82) is 0 Å². The number of pyridine rings is 1. The number of nitrogens with one attached hydrogen (secondary N) is 2. The number of likely N-dealkylation sites (N-methyl/N-ethyl adjacent to an activating group) is 1. The van der Waals surface area contributed by atoms with Gasteiger partial charge in [-0.1, -0.05) is 55.8 Å². The molecule has 34 heavy (non-hydrogen) atoms. The second-order valence-electron chi connectivity index (χ2n) is 8.38. The lowest BCUT2D eigenvalue weighted by Gasteiger charge is -2.37. The molecule has 0 bridgehead atoms. The molecule has 0 radical (unpaired) electrons. The van der Waals surface area contributed by atoms with E-state index >= 15 is 4.39 Å². The van der Waals surface area contributed by atoms with Gasteiger partial charge in [0, 0.05) is 30.0 Å². The van der Waals surface area contributed by atoms with E-state index in [1.54, 1.807) is 32.0 Å². The van der Waals surface area contributed by atoms with E-state index in [0.717, 1.165) is 12.8 Å². The van der Waals surface area contributed by atoms with Crippen molar-refractivity contribution in [2.45, 2.75) is 39.7 Å². The number of rotatable bonds is 13. The smallest absolute Gasteiger partial charge is 0.243 e. The molecule has 2 rings (SSSR count). The number of halogens is 3. The Kier molecular flexibility index (Phi) is 11.2. The summed E-state index contributed by atoms with van der Waals surface area (Å²) < 4.78 is 15.7. The Morgan fingerprint density at radius 3 is 2.59 bits per heavy atom. The Morgan fingerprint density at radius 1 is 1.32 bits per heavy atom. The molecule has 186 valence electrons. The van der Waals surface area contributed by atoms with Crippen molar-refractivity contribution in [1.82, 2.24) is 15.2 Å². The first kappa shape index (κ1) is 28.0. The Labute approximate surface area is 211 Å². The number of aromatic nitrogens is 1. The molecule has 0 aromatic carbocycles. The van der Waals surface area contributed by atoms with Crippen LogP contribution in [0.3, 0.4) is 0 Å². The monoisotopic (exact) mass is 510 g/mol. The van der Waals surface area contributed by atoms with Crippen molar-refractivity contribution in [3.8, 4) is 0 Å². The van der Waals surface area contributed by atoms with E-state index in [1.165, 1.54) is 18.2 Å². The van der Waals surface area contributed by atoms with Crippen LogP contribution in [0.1, 0.15) is 33.6 Å². The van der Waals surface area contributed by atoms with Crippen LogP contribution in [0.25, 0.3) is 0 Å². The van der Waals surface area contributed by atoms with Crippen LogP contribution in [-0.4, -0.2) is 47.4 Å². The van der Waals surface area contributed by atoms with Gasteiger partial charge in [-0.3, -0.25) is 14.5 Å². The molecule has 0 saturated heterocycles. The molecule has 0 spiro atoms. The van der Waals surface area contributed by atoms with Crippen molar-refractivity contribution >= 4 is 40.8 Å². The van der Waals surface area contributed by atoms with Crippen molar-refractivity contribution < 1.29 is 14.0 Å². The number of carbonyl (C=O) groups is 2. The van der Waals surface area contributed by atoms with Gasteiger partial charge >= 0.3 is 0 Å². The summed E-state index contributed by atoms with van der Waals surface area (Å²) in [4.78, 5) is 32.5. The van der Waals surface area contributed by atoms with Gasteiger partial charge in [0.1, 0.15) is 16.8 Å². The highest BCUT2D eigenvalue weighted by Gasteiger charge is 2.42. The molecule has 2 amide bonds. The molecular weight excluding hydrogens is 478 g/mol. The standard InChI is InChI=1S/C25H33Cl2FN4O2/c1-5-29-24(33)17(4)22(19(28)10-7-9-16(3)26)23(32(6-2)15-18-13-14-18)25(34)31-21-12-8-11-20(27)30-21/h7-12,17-18,22-23H,3,5-6,13-15H2,1-2,4H3,(H,29,33)(H,30,31,34)/b9-7-,19-10-/t17-,22?,23?/m1/s1. The maximum absolute atomic E-state index is 15.7. The highest BCUT2D eigenvalue weighted by atomic mass is 35.5. The SMILES string of the molecule is C=C(Cl)/C=C\C=C(/F)C(C(C(=O)Nc1cccc(Cl)n1)N(CC)CC1CC1)[C@@H](C)C(=O)NCC. The molecular formula is C25H33Cl2FN4O2. The summed E-state index contributed by atoms with van der Waals surface area (Å²) in [5, 5.41) is 5.99. The zero-order valence-corrected chi connectivity index (χ0v) is 21.4. The Morgan fingerprint density at radius 2 is 2.03 bits per heavy atom. The fourth-order valence-corrected chi connectivity index (χ4v) is 4.06. The first-order valence-corrected chi connectivity index (χ1v) is 12.3. The molecule has 1 aliphatic carbocycles. The zero-order valence-electron chi connectivity index (χ0n) is 19.9. The molecule has 9 heteroatoms. The average Bonchev–Trinajstić information content (AvgIpc) is 3.59. The number of amides is 2. The van der Waals surface area contributed by atoms with Crippen LogP contribution in [0.4, 0.5) is 10.2 Å². The van der Waals surface area contributed by atoms with E-state index in [2.05, 4.69) is 22.2 Å². The highest BCUT2D eigenvalue weighted by molar-refractivity contribution is 6.30. The van der Waals surface area contributed by atoms with Crippen molar-refractivity contribution in [3.05, 3.63) is 59.0 Å². The van der Waals surface area contributed by atoms with E-state index in [9.17, 15) is 9.59 Å². The van der Waals surface area contributed by atoms with Crippen molar-refractivity contribution in [2.75, 3.05) is 25.0 Å². The third kappa shape index (κ3) is 8.53. The Hall–Kier alpha value is -2.22. The maximum atomic E-state index is 15.7. The molecule has 1 aromatic heterocycles. The van der Waals surface area contributed by atoms with E-state index in [-0.39, 0.29) is 21.9 Å². The number of nitrogens with zero attached hydrogens (tertiary/aromatic N) is 2. The number of hydrogen-bond donors (Lipinski definition) is 2. The molecule has 1 aromatic rings. The van der Waals surface area contributed by atoms with Gasteiger partial charge in [-0.25, -0.2) is 9.37 Å². The van der Waals surface area contributed by atoms with Crippen LogP contribution in [0.5, 0.6) is 0 Å². The van der Waals surface area contributed by atoms with Crippen LogP contribution in [0, 0.1) is 17.8 Å². The van der Waals surface area contributed by atoms with E-state index in [1.807, 2.05) is 11.8 Å². The summed E-state index contributed by atoms with van der Waals surface area (Å²) in [7, 11) is 0. The normalized spacial score (nSPS) is 16.9. The van der Waals surface area contributed by atoms with Crippen molar-refractivity contribution in [2.24, 2.45) is 17.8 Å². The van der Waals surface area contributed by atoms with Crippen molar-refractivity contribution in [3.63, 3.8) is 0 Å². The number of allylic oxidation sites excluding steroid dienone is 4. The largest absolute Gasteiger partial charge is 0.356 e. The minimum atomic E-state index is -1.04. The molecule has 1 saturated carbocycles. The predicted octanol–water partition coefficient (Wildman–Crippen LogP) is 5.32. The van der Waals surface area contributed by atoms with Gasteiger partial charge in [0.15, 0.2) is 0 Å². The van der Waals surface area contributed by atoms with Crippen LogP contribution in [0.15, 0.2) is 53.9 Å². The summed E-state index contributed by atoms with van der Waals surface area (Å²) in [6, 6.07) is 3.93. The zero-order chi connectivity index (χ0) is 25.3. The average molecular weight is 511 g/mol. The van der Waals surface area contributed by atoms with Crippen LogP contribution >= 0.6 is 23.2 Å². The molecule has 1 aliphatic rings. The second-order valence-corrected chi connectivity index (χ2v) is 9.25. The van der Waals surface area contributed by atoms with Gasteiger partial charge < -0.3 is 10.6 Å². The van der Waals surface area contributed by atoms with Gasteiger partial charge in [-0.05, 0) is 56.5 Å². The first-order chi connectivity index (χ1) is 16.2. The lowest BCUT2D eigenvalue weighted by atomic mass is 9.83. The lowest BCUT2D eigenvalue weighted by Crippen LogP contribution is -2.53. The van der Waals surface area contributed by atoms with Crippen LogP contribution in [0.2, 0.25) is 5.15 Å². The molecule has 0 aliphatic heterocycles. The number of hydrogen-bond acceptors (Lipinski definition) is 4. The van der Waals surface area contributed by atoms with Gasteiger partial charge in [0.2, 0.25) is 11.8 Å². The summed E-state index contributed by atoms with van der Waals surface area (Å²) in [6.07, 6.45) is 6.23. The Bertz CT molecular complexity index is 933. The fourth-order valence-electron chi connectivity index (χ4n) is 3.82. The number of carbonyl (C=O) groups excluding carboxylic acids is 2. The van der Waals surface area contributed by atoms with Gasteiger partial charge in [0.25, 0.3) is 0 Å². The van der Waals surface area contributed by atoms with Gasteiger partial charge in [0.05, 0.1) is 6.04 Å². The lowest BCUT2D eigenvalue weighted by molar-refractivity contribution is -0.129. The van der Waals surface area contributed by atoms with E-state index in [0.29, 0.717) is 25.6 Å². The minimum Gasteiger partial charge on any atom is -0.356 e. The topological polar surface area (TPSA) is 74.3 Å². The summed E-state index contributed by atoms with van der Waals surface area (Å²) in [6.45, 7) is 10.5. The fraction of sp³-hybridized carbons (Fsp3) is 0.480. The van der Waals surface area contributed by atoms with E-state index in [4.69, 9.17) is 23.2 Å². The molecule has 2 unspecified atom stereocenters. The van der Waals surface area contributed by atoms with Crippen LogP contribution in [-0.2, 0) is 9.59 Å². The molecule has 1 heterocycles. The maximum Gasteiger partial charge on any atom is 0.243 e. The highest BCUT2D eigenvalue weighted by Crippen LogP contribution is 2.35.